The Balaban J connectivity index is 2.48. The van der Waals surface area contributed by atoms with Crippen LogP contribution in [-0.4, -0.2) is 0 Å². The van der Waals surface area contributed by atoms with Gasteiger partial charge in [0.1, 0.15) is 0 Å². The molecule has 0 N–H and O–H groups in total. The fourth-order valence-corrected chi connectivity index (χ4v) is 1.39. The van der Waals surface area contributed by atoms with Gasteiger partial charge in [-0.3, -0.25) is 0 Å². The highest BCUT2D eigenvalue weighted by molar-refractivity contribution is 5.63. The Labute approximate surface area is 78.9 Å². The SMILES string of the molecule is Cc1cccc(-c2[c]cccc2)c1. The Bertz CT molecular complexity index is 388. The van der Waals surface area contributed by atoms with Crippen molar-refractivity contribution in [3.63, 3.8) is 0 Å². The molecule has 0 atom stereocenters. The minimum absolute atomic E-state index is 1.16. The second-order valence-electron chi connectivity index (χ2n) is 3.15. The van der Waals surface area contributed by atoms with E-state index >= 15 is 0 Å². The molecule has 1 radical (unpaired) electrons. The van der Waals surface area contributed by atoms with Crippen molar-refractivity contribution in [1.29, 1.82) is 0 Å². The summed E-state index contributed by atoms with van der Waals surface area (Å²) < 4.78 is 0. The maximum atomic E-state index is 3.21. The molecular formula is C13H11. The lowest BCUT2D eigenvalue weighted by Gasteiger charge is -2.00. The van der Waals surface area contributed by atoms with Crippen LogP contribution < -0.4 is 0 Å². The second kappa shape index (κ2) is 3.44. The molecule has 0 aliphatic heterocycles. The smallest absolute Gasteiger partial charge is 0.00992 e. The van der Waals surface area contributed by atoms with Crippen LogP contribution in [0.2, 0.25) is 0 Å². The summed E-state index contributed by atoms with van der Waals surface area (Å²) >= 11 is 0. The Morgan fingerprint density at radius 1 is 1.00 bits per heavy atom. The number of hydrogen-bond acceptors (Lipinski definition) is 0. The second-order valence-corrected chi connectivity index (χ2v) is 3.15. The van der Waals surface area contributed by atoms with Crippen LogP contribution in [0.15, 0.2) is 48.5 Å². The minimum atomic E-state index is 1.16. The monoisotopic (exact) mass is 167 g/mol. The van der Waals surface area contributed by atoms with E-state index in [0.29, 0.717) is 0 Å². The van der Waals surface area contributed by atoms with Crippen molar-refractivity contribution in [2.45, 2.75) is 6.92 Å². The van der Waals surface area contributed by atoms with E-state index in [4.69, 9.17) is 0 Å². The van der Waals surface area contributed by atoms with Gasteiger partial charge in [0.2, 0.25) is 0 Å². The van der Waals surface area contributed by atoms with Crippen LogP contribution in [0, 0.1) is 13.0 Å². The van der Waals surface area contributed by atoms with Crippen LogP contribution in [0.5, 0.6) is 0 Å². The summed E-state index contributed by atoms with van der Waals surface area (Å²) in [4.78, 5) is 0. The van der Waals surface area contributed by atoms with E-state index in [0.717, 1.165) is 5.56 Å². The van der Waals surface area contributed by atoms with Crippen molar-refractivity contribution in [1.82, 2.24) is 0 Å². The Hall–Kier alpha value is -1.56. The zero-order valence-electron chi connectivity index (χ0n) is 7.62. The minimum Gasteiger partial charge on any atom is -0.0616 e. The normalized spacial score (nSPS) is 9.92. The standard InChI is InChI=1S/C13H11/c1-11-6-5-9-13(10-11)12-7-3-2-4-8-12/h2-7,9-10H,1H3. The molecule has 0 heterocycles. The summed E-state index contributed by atoms with van der Waals surface area (Å²) in [6, 6.07) is 19.7. The van der Waals surface area contributed by atoms with Gasteiger partial charge in [0, 0.05) is 0 Å². The molecule has 0 amide bonds. The van der Waals surface area contributed by atoms with Gasteiger partial charge in [-0.2, -0.15) is 0 Å². The van der Waals surface area contributed by atoms with Gasteiger partial charge in [-0.25, -0.2) is 0 Å². The van der Waals surface area contributed by atoms with Crippen LogP contribution in [0.25, 0.3) is 11.1 Å². The fourth-order valence-electron chi connectivity index (χ4n) is 1.39. The number of rotatable bonds is 1. The van der Waals surface area contributed by atoms with Crippen molar-refractivity contribution in [2.75, 3.05) is 0 Å². The number of aryl methyl sites for hydroxylation is 1. The maximum absolute atomic E-state index is 3.21. The first-order chi connectivity index (χ1) is 6.36. The molecule has 2 rings (SSSR count). The third-order valence-electron chi connectivity index (χ3n) is 2.04. The summed E-state index contributed by atoms with van der Waals surface area (Å²) in [7, 11) is 0. The topological polar surface area (TPSA) is 0 Å². The summed E-state index contributed by atoms with van der Waals surface area (Å²) in [5, 5.41) is 0. The largest absolute Gasteiger partial charge is 0.0616 e. The van der Waals surface area contributed by atoms with Crippen molar-refractivity contribution < 1.29 is 0 Å². The van der Waals surface area contributed by atoms with Gasteiger partial charge in [-0.05, 0) is 24.1 Å². The molecule has 0 saturated carbocycles. The van der Waals surface area contributed by atoms with Gasteiger partial charge in [0.15, 0.2) is 0 Å². The molecule has 2 aromatic carbocycles. The van der Waals surface area contributed by atoms with Gasteiger partial charge in [0.05, 0.1) is 0 Å². The predicted octanol–water partition coefficient (Wildman–Crippen LogP) is 3.46. The third kappa shape index (κ3) is 1.78. The predicted molar refractivity (Wildman–Crippen MR) is 55.5 cm³/mol. The Morgan fingerprint density at radius 2 is 1.92 bits per heavy atom. The quantitative estimate of drug-likeness (QED) is 0.610. The summed E-state index contributed by atoms with van der Waals surface area (Å²) in [5.74, 6) is 0. The van der Waals surface area contributed by atoms with Gasteiger partial charge < -0.3 is 0 Å². The molecular weight excluding hydrogens is 156 g/mol. The van der Waals surface area contributed by atoms with Gasteiger partial charge >= 0.3 is 0 Å². The lowest BCUT2D eigenvalue weighted by molar-refractivity contribution is 1.46. The highest BCUT2D eigenvalue weighted by atomic mass is 14.0. The van der Waals surface area contributed by atoms with Crippen LogP contribution in [0.1, 0.15) is 5.56 Å². The van der Waals surface area contributed by atoms with E-state index in [-0.39, 0.29) is 0 Å². The van der Waals surface area contributed by atoms with Gasteiger partial charge in [0.25, 0.3) is 0 Å². The maximum Gasteiger partial charge on any atom is -0.00992 e. The zero-order chi connectivity index (χ0) is 9.10. The summed E-state index contributed by atoms with van der Waals surface area (Å²) in [6.07, 6.45) is 0. The molecule has 0 nitrogen and oxygen atoms in total. The Morgan fingerprint density at radius 3 is 2.62 bits per heavy atom. The van der Waals surface area contributed by atoms with Crippen molar-refractivity contribution in [3.05, 3.63) is 60.2 Å². The third-order valence-corrected chi connectivity index (χ3v) is 2.04. The Kier molecular flexibility index (Phi) is 2.13. The fraction of sp³-hybridized carbons (Fsp3) is 0.0769. The van der Waals surface area contributed by atoms with E-state index < -0.39 is 0 Å². The molecule has 0 bridgehead atoms. The first kappa shape index (κ1) is 8.06. The molecule has 0 fully saturated rings. The molecule has 0 aliphatic carbocycles. The van der Waals surface area contributed by atoms with E-state index in [9.17, 15) is 0 Å². The highest BCUT2D eigenvalue weighted by Crippen LogP contribution is 2.18. The molecule has 0 saturated heterocycles. The van der Waals surface area contributed by atoms with Crippen molar-refractivity contribution >= 4 is 0 Å². The lowest BCUT2D eigenvalue weighted by Crippen LogP contribution is -1.78. The van der Waals surface area contributed by atoms with Gasteiger partial charge in [-0.1, -0.05) is 54.1 Å². The van der Waals surface area contributed by atoms with Crippen LogP contribution in [0.4, 0.5) is 0 Å². The molecule has 0 spiro atoms. The molecule has 0 unspecified atom stereocenters. The first-order valence-corrected chi connectivity index (χ1v) is 4.40. The molecule has 13 heavy (non-hydrogen) atoms. The highest BCUT2D eigenvalue weighted by Gasteiger charge is 1.95. The van der Waals surface area contributed by atoms with E-state index in [2.05, 4.69) is 43.3 Å². The average molecular weight is 167 g/mol. The first-order valence-electron chi connectivity index (χ1n) is 4.40. The molecule has 0 aliphatic rings. The molecule has 0 heteroatoms. The van der Waals surface area contributed by atoms with E-state index in [1.54, 1.807) is 0 Å². The van der Waals surface area contributed by atoms with Crippen molar-refractivity contribution in [3.8, 4) is 11.1 Å². The summed E-state index contributed by atoms with van der Waals surface area (Å²) in [5.41, 5.74) is 3.68. The average Bonchev–Trinajstić information content (AvgIpc) is 2.19. The van der Waals surface area contributed by atoms with E-state index in [1.807, 2.05) is 18.2 Å². The van der Waals surface area contributed by atoms with Crippen LogP contribution >= 0.6 is 0 Å². The van der Waals surface area contributed by atoms with Gasteiger partial charge in [-0.15, -0.1) is 0 Å². The summed E-state index contributed by atoms with van der Waals surface area (Å²) in [6.45, 7) is 2.10. The van der Waals surface area contributed by atoms with Crippen LogP contribution in [0.3, 0.4) is 0 Å². The van der Waals surface area contributed by atoms with Crippen molar-refractivity contribution in [2.24, 2.45) is 0 Å². The molecule has 2 aromatic rings. The number of hydrogen-bond donors (Lipinski definition) is 0. The zero-order valence-corrected chi connectivity index (χ0v) is 7.62. The molecule has 63 valence electrons. The van der Waals surface area contributed by atoms with Crippen LogP contribution in [-0.2, 0) is 0 Å². The number of benzene rings is 2. The molecule has 0 aromatic heterocycles. The lowest BCUT2D eigenvalue weighted by atomic mass is 10.0. The van der Waals surface area contributed by atoms with E-state index in [1.165, 1.54) is 11.1 Å².